The summed E-state index contributed by atoms with van der Waals surface area (Å²) in [6.45, 7) is 4.31. The molecule has 18 heavy (non-hydrogen) atoms. The monoisotopic (exact) mass is 251 g/mol. The van der Waals surface area contributed by atoms with Crippen molar-refractivity contribution in [2.24, 2.45) is 0 Å². The number of pyridine rings is 1. The number of nitrogens with zero attached hydrogens (tertiary/aromatic N) is 2. The number of carbonyl (C=O) groups is 2. The maximum atomic E-state index is 11.6. The Morgan fingerprint density at radius 3 is 2.67 bits per heavy atom. The lowest BCUT2D eigenvalue weighted by molar-refractivity contribution is -0.127. The van der Waals surface area contributed by atoms with Gasteiger partial charge in [0.15, 0.2) is 0 Å². The third kappa shape index (κ3) is 3.73. The van der Waals surface area contributed by atoms with Gasteiger partial charge >= 0.3 is 5.97 Å². The fraction of sp³-hybridized carbons (Fsp3) is 0.417. The van der Waals surface area contributed by atoms with E-state index in [9.17, 15) is 9.59 Å². The number of amides is 1. The number of carboxylic acids is 1. The highest BCUT2D eigenvalue weighted by Gasteiger charge is 2.09. The highest BCUT2D eigenvalue weighted by atomic mass is 16.4. The standard InChI is InChI=1S/C12H17N3O3/c1-4-15(3)11(16)7-13-10-6-9(12(17)18)5-8(2)14-10/h5-6H,4,7H2,1-3H3,(H,13,14)(H,17,18). The van der Waals surface area contributed by atoms with Crippen molar-refractivity contribution in [3.63, 3.8) is 0 Å². The van der Waals surface area contributed by atoms with Gasteiger partial charge in [-0.1, -0.05) is 0 Å². The maximum absolute atomic E-state index is 11.6. The second-order valence-corrected chi connectivity index (χ2v) is 3.95. The number of likely N-dealkylation sites (N-methyl/N-ethyl adjacent to an activating group) is 1. The van der Waals surface area contributed by atoms with Gasteiger partial charge < -0.3 is 15.3 Å². The van der Waals surface area contributed by atoms with Crippen LogP contribution in [0.5, 0.6) is 0 Å². The molecule has 0 aliphatic rings. The van der Waals surface area contributed by atoms with Gasteiger partial charge in [0.2, 0.25) is 5.91 Å². The third-order valence-electron chi connectivity index (χ3n) is 2.52. The van der Waals surface area contributed by atoms with Crippen LogP contribution in [0.25, 0.3) is 0 Å². The number of carbonyl (C=O) groups excluding carboxylic acids is 1. The second kappa shape index (κ2) is 6.00. The molecule has 1 aromatic rings. The number of hydrogen-bond acceptors (Lipinski definition) is 4. The van der Waals surface area contributed by atoms with Gasteiger partial charge in [0.05, 0.1) is 12.1 Å². The lowest BCUT2D eigenvalue weighted by atomic mass is 10.2. The van der Waals surface area contributed by atoms with E-state index in [2.05, 4.69) is 10.3 Å². The van der Waals surface area contributed by atoms with Crippen molar-refractivity contribution in [3.8, 4) is 0 Å². The Bertz CT molecular complexity index is 460. The first kappa shape index (κ1) is 14.0. The molecule has 0 bridgehead atoms. The van der Waals surface area contributed by atoms with Crippen LogP contribution < -0.4 is 5.32 Å². The van der Waals surface area contributed by atoms with E-state index in [4.69, 9.17) is 5.11 Å². The number of hydrogen-bond donors (Lipinski definition) is 2. The molecule has 0 aromatic carbocycles. The van der Waals surface area contributed by atoms with E-state index in [-0.39, 0.29) is 18.0 Å². The summed E-state index contributed by atoms with van der Waals surface area (Å²) in [6, 6.07) is 2.89. The molecule has 0 spiro atoms. The first-order valence-corrected chi connectivity index (χ1v) is 5.64. The Kier molecular flexibility index (Phi) is 4.65. The summed E-state index contributed by atoms with van der Waals surface area (Å²) >= 11 is 0. The maximum Gasteiger partial charge on any atom is 0.335 e. The fourth-order valence-electron chi connectivity index (χ4n) is 1.36. The van der Waals surface area contributed by atoms with Crippen molar-refractivity contribution in [1.82, 2.24) is 9.88 Å². The van der Waals surface area contributed by atoms with Crippen molar-refractivity contribution < 1.29 is 14.7 Å². The number of anilines is 1. The zero-order valence-corrected chi connectivity index (χ0v) is 10.7. The summed E-state index contributed by atoms with van der Waals surface area (Å²) in [4.78, 5) is 28.1. The average molecular weight is 251 g/mol. The molecule has 1 amide bonds. The summed E-state index contributed by atoms with van der Waals surface area (Å²) in [7, 11) is 1.70. The molecular formula is C12H17N3O3. The largest absolute Gasteiger partial charge is 0.478 e. The van der Waals surface area contributed by atoms with Gasteiger partial charge in [-0.2, -0.15) is 0 Å². The minimum Gasteiger partial charge on any atom is -0.478 e. The normalized spacial score (nSPS) is 9.94. The zero-order valence-electron chi connectivity index (χ0n) is 10.7. The second-order valence-electron chi connectivity index (χ2n) is 3.95. The van der Waals surface area contributed by atoms with Crippen LogP contribution in [0.4, 0.5) is 5.82 Å². The zero-order chi connectivity index (χ0) is 13.7. The van der Waals surface area contributed by atoms with Gasteiger partial charge in [0, 0.05) is 19.3 Å². The van der Waals surface area contributed by atoms with Gasteiger partial charge in [-0.25, -0.2) is 9.78 Å². The molecule has 6 nitrogen and oxygen atoms in total. The quantitative estimate of drug-likeness (QED) is 0.815. The third-order valence-corrected chi connectivity index (χ3v) is 2.52. The lowest BCUT2D eigenvalue weighted by Crippen LogP contribution is -2.32. The molecule has 1 heterocycles. The van der Waals surface area contributed by atoms with Crippen LogP contribution >= 0.6 is 0 Å². The van der Waals surface area contributed by atoms with E-state index in [1.165, 1.54) is 12.1 Å². The summed E-state index contributed by atoms with van der Waals surface area (Å²) < 4.78 is 0. The SMILES string of the molecule is CCN(C)C(=O)CNc1cc(C(=O)O)cc(C)n1. The Labute approximate surface area is 106 Å². The highest BCUT2D eigenvalue weighted by molar-refractivity contribution is 5.89. The van der Waals surface area contributed by atoms with E-state index in [1.807, 2.05) is 6.92 Å². The smallest absolute Gasteiger partial charge is 0.335 e. The van der Waals surface area contributed by atoms with Crippen molar-refractivity contribution in [2.45, 2.75) is 13.8 Å². The van der Waals surface area contributed by atoms with E-state index in [0.717, 1.165) is 0 Å². The average Bonchev–Trinajstić information content (AvgIpc) is 2.34. The van der Waals surface area contributed by atoms with Crippen LogP contribution in [0.15, 0.2) is 12.1 Å². The van der Waals surface area contributed by atoms with E-state index in [0.29, 0.717) is 18.1 Å². The molecular weight excluding hydrogens is 234 g/mol. The van der Waals surface area contributed by atoms with Crippen molar-refractivity contribution in [2.75, 3.05) is 25.5 Å². The highest BCUT2D eigenvalue weighted by Crippen LogP contribution is 2.10. The summed E-state index contributed by atoms with van der Waals surface area (Å²) in [5.74, 6) is -0.691. The van der Waals surface area contributed by atoms with Crippen LogP contribution in [0.3, 0.4) is 0 Å². The molecule has 0 unspecified atom stereocenters. The van der Waals surface area contributed by atoms with Gasteiger partial charge in [-0.05, 0) is 26.0 Å². The first-order chi connectivity index (χ1) is 8.43. The topological polar surface area (TPSA) is 82.5 Å². The van der Waals surface area contributed by atoms with Crippen molar-refractivity contribution in [3.05, 3.63) is 23.4 Å². The molecule has 0 radical (unpaired) electrons. The molecule has 1 rings (SSSR count). The van der Waals surface area contributed by atoms with Gasteiger partial charge in [0.25, 0.3) is 0 Å². The van der Waals surface area contributed by atoms with E-state index < -0.39 is 5.97 Å². The molecule has 1 aromatic heterocycles. The number of rotatable bonds is 5. The van der Waals surface area contributed by atoms with Crippen LogP contribution in [0.1, 0.15) is 23.0 Å². The molecule has 0 saturated carbocycles. The summed E-state index contributed by atoms with van der Waals surface area (Å²) in [5, 5.41) is 11.7. The van der Waals surface area contributed by atoms with Crippen molar-refractivity contribution >= 4 is 17.7 Å². The molecule has 98 valence electrons. The van der Waals surface area contributed by atoms with Crippen LogP contribution in [0, 0.1) is 6.92 Å². The lowest BCUT2D eigenvalue weighted by Gasteiger charge is -2.15. The Morgan fingerprint density at radius 1 is 1.44 bits per heavy atom. The van der Waals surface area contributed by atoms with Crippen molar-refractivity contribution in [1.29, 1.82) is 0 Å². The first-order valence-electron chi connectivity index (χ1n) is 5.64. The molecule has 0 aliphatic carbocycles. The molecule has 0 saturated heterocycles. The van der Waals surface area contributed by atoms with Crippen LogP contribution in [0.2, 0.25) is 0 Å². The molecule has 0 fully saturated rings. The minimum absolute atomic E-state index is 0.0716. The van der Waals surface area contributed by atoms with Crippen LogP contribution in [-0.2, 0) is 4.79 Å². The van der Waals surface area contributed by atoms with E-state index >= 15 is 0 Å². The molecule has 2 N–H and O–H groups in total. The Hall–Kier alpha value is -2.11. The molecule has 0 aliphatic heterocycles. The number of carboxylic acid groups (broad SMARTS) is 1. The molecule has 6 heteroatoms. The summed E-state index contributed by atoms with van der Waals surface area (Å²) in [5.41, 5.74) is 0.745. The van der Waals surface area contributed by atoms with Gasteiger partial charge in [0.1, 0.15) is 5.82 Å². The number of aryl methyl sites for hydroxylation is 1. The number of aromatic carboxylic acids is 1. The Balaban J connectivity index is 2.73. The van der Waals surface area contributed by atoms with Gasteiger partial charge in [-0.15, -0.1) is 0 Å². The fourth-order valence-corrected chi connectivity index (χ4v) is 1.36. The summed E-state index contributed by atoms with van der Waals surface area (Å²) in [6.07, 6.45) is 0. The predicted molar refractivity (Wildman–Crippen MR) is 67.7 cm³/mol. The number of nitrogens with one attached hydrogen (secondary N) is 1. The van der Waals surface area contributed by atoms with E-state index in [1.54, 1.807) is 18.9 Å². The minimum atomic E-state index is -1.01. The van der Waals surface area contributed by atoms with Crippen LogP contribution in [-0.4, -0.2) is 47.0 Å². The Morgan fingerprint density at radius 2 is 2.11 bits per heavy atom. The predicted octanol–water partition coefficient (Wildman–Crippen LogP) is 0.978. The number of aromatic nitrogens is 1. The van der Waals surface area contributed by atoms with Gasteiger partial charge in [-0.3, -0.25) is 4.79 Å². The molecule has 0 atom stereocenters.